The predicted octanol–water partition coefficient (Wildman–Crippen LogP) is 4.14. The summed E-state index contributed by atoms with van der Waals surface area (Å²) in [5.41, 5.74) is 2.04. The average molecular weight is 377 g/mol. The van der Waals surface area contributed by atoms with Crippen LogP contribution < -0.4 is 4.90 Å². The van der Waals surface area contributed by atoms with E-state index in [9.17, 15) is 13.2 Å². The Hall–Kier alpha value is -2.92. The second-order valence-electron chi connectivity index (χ2n) is 6.58. The fraction of sp³-hybridized carbons (Fsp3) is 0.136. The molecule has 4 rings (SSSR count). The van der Waals surface area contributed by atoms with Crippen LogP contribution in [0.5, 0.6) is 0 Å². The molecule has 0 aliphatic carbocycles. The van der Waals surface area contributed by atoms with Gasteiger partial charge in [-0.05, 0) is 23.3 Å². The lowest BCUT2D eigenvalue weighted by Gasteiger charge is -2.22. The molecule has 4 nitrogen and oxygen atoms in total. The molecule has 1 atom stereocenters. The Labute approximate surface area is 159 Å². The zero-order chi connectivity index (χ0) is 18.9. The summed E-state index contributed by atoms with van der Waals surface area (Å²) >= 11 is 0. The Kier molecular flexibility index (Phi) is 4.54. The van der Waals surface area contributed by atoms with Gasteiger partial charge in [0.05, 0.1) is 22.4 Å². The van der Waals surface area contributed by atoms with Crippen molar-refractivity contribution in [1.29, 1.82) is 0 Å². The smallest absolute Gasteiger partial charge is 0.229 e. The molecule has 1 aliphatic rings. The number of para-hydroxylation sites is 1. The van der Waals surface area contributed by atoms with Crippen molar-refractivity contribution in [2.75, 3.05) is 4.90 Å². The summed E-state index contributed by atoms with van der Waals surface area (Å²) in [5, 5.41) is -0.881. The van der Waals surface area contributed by atoms with Gasteiger partial charge in [0.1, 0.15) is 0 Å². The van der Waals surface area contributed by atoms with Crippen LogP contribution in [0.4, 0.5) is 5.69 Å². The van der Waals surface area contributed by atoms with Gasteiger partial charge in [-0.3, -0.25) is 4.79 Å². The van der Waals surface area contributed by atoms with Gasteiger partial charge in [0.15, 0.2) is 9.84 Å². The number of rotatable bonds is 3. The molecule has 0 aromatic heterocycles. The molecule has 0 N–H and O–H groups in total. The van der Waals surface area contributed by atoms with Gasteiger partial charge in [-0.15, -0.1) is 0 Å². The Bertz CT molecular complexity index is 1060. The summed E-state index contributed by atoms with van der Waals surface area (Å²) in [6.45, 7) is 0.341. The molecule has 0 radical (unpaired) electrons. The van der Waals surface area contributed by atoms with Crippen LogP contribution in [0.25, 0.3) is 0 Å². The summed E-state index contributed by atoms with van der Waals surface area (Å²) in [6.07, 6.45) is -0.0755. The molecule has 1 amide bonds. The van der Waals surface area contributed by atoms with Crippen LogP contribution in [-0.4, -0.2) is 14.3 Å². The van der Waals surface area contributed by atoms with Gasteiger partial charge in [0.25, 0.3) is 0 Å². The fourth-order valence-corrected chi connectivity index (χ4v) is 5.41. The maximum absolute atomic E-state index is 13.4. The minimum Gasteiger partial charge on any atom is -0.307 e. The summed E-state index contributed by atoms with van der Waals surface area (Å²) in [4.78, 5) is 14.9. The van der Waals surface area contributed by atoms with Crippen molar-refractivity contribution in [2.45, 2.75) is 23.1 Å². The van der Waals surface area contributed by atoms with Crippen molar-refractivity contribution in [3.8, 4) is 0 Å². The van der Waals surface area contributed by atoms with E-state index in [4.69, 9.17) is 0 Å². The molecule has 0 fully saturated rings. The van der Waals surface area contributed by atoms with Crippen LogP contribution in [0.1, 0.15) is 22.8 Å². The first kappa shape index (κ1) is 17.5. The number of fused-ring (bicyclic) bond motifs is 1. The molecule has 5 heteroatoms. The molecule has 136 valence electrons. The number of sulfone groups is 1. The maximum atomic E-state index is 13.4. The van der Waals surface area contributed by atoms with Gasteiger partial charge < -0.3 is 4.90 Å². The molecule has 3 aromatic rings. The van der Waals surface area contributed by atoms with Crippen LogP contribution in [0, 0.1) is 0 Å². The molecule has 0 saturated carbocycles. The number of carbonyl (C=O) groups excluding carboxylic acids is 1. The van der Waals surface area contributed by atoms with Gasteiger partial charge in [-0.25, -0.2) is 8.42 Å². The number of carbonyl (C=O) groups is 1. The molecule has 27 heavy (non-hydrogen) atoms. The Morgan fingerprint density at radius 1 is 0.815 bits per heavy atom. The monoisotopic (exact) mass is 377 g/mol. The average Bonchev–Trinajstić information content (AvgIpc) is 2.78. The molecule has 0 saturated heterocycles. The molecule has 0 bridgehead atoms. The first-order valence-corrected chi connectivity index (χ1v) is 10.3. The molecule has 1 heterocycles. The predicted molar refractivity (Wildman–Crippen MR) is 105 cm³/mol. The third-order valence-corrected chi connectivity index (χ3v) is 7.00. The lowest BCUT2D eigenvalue weighted by molar-refractivity contribution is -0.118. The third-order valence-electron chi connectivity index (χ3n) is 4.85. The lowest BCUT2D eigenvalue weighted by atomic mass is 10.1. The second kappa shape index (κ2) is 7.00. The first-order chi connectivity index (χ1) is 13.1. The Balaban J connectivity index is 1.85. The van der Waals surface area contributed by atoms with E-state index < -0.39 is 15.1 Å². The van der Waals surface area contributed by atoms with E-state index in [0.29, 0.717) is 17.8 Å². The van der Waals surface area contributed by atoms with Crippen LogP contribution in [0.2, 0.25) is 0 Å². The van der Waals surface area contributed by atoms with E-state index in [1.54, 1.807) is 53.4 Å². The van der Waals surface area contributed by atoms with Crippen molar-refractivity contribution in [3.63, 3.8) is 0 Å². The molecule has 0 spiro atoms. The first-order valence-electron chi connectivity index (χ1n) is 8.79. The van der Waals surface area contributed by atoms with Gasteiger partial charge >= 0.3 is 0 Å². The highest BCUT2D eigenvalue weighted by molar-refractivity contribution is 7.92. The van der Waals surface area contributed by atoms with E-state index in [1.807, 2.05) is 36.4 Å². The van der Waals surface area contributed by atoms with Crippen molar-refractivity contribution < 1.29 is 13.2 Å². The summed E-state index contributed by atoms with van der Waals surface area (Å²) in [7, 11) is -3.69. The normalized spacial score (nSPS) is 18.6. The van der Waals surface area contributed by atoms with Crippen LogP contribution >= 0.6 is 0 Å². The van der Waals surface area contributed by atoms with Gasteiger partial charge in [-0.2, -0.15) is 0 Å². The highest BCUT2D eigenvalue weighted by Crippen LogP contribution is 2.40. The van der Waals surface area contributed by atoms with Crippen molar-refractivity contribution in [1.82, 2.24) is 0 Å². The third kappa shape index (κ3) is 3.26. The van der Waals surface area contributed by atoms with Crippen molar-refractivity contribution in [3.05, 3.63) is 96.1 Å². The van der Waals surface area contributed by atoms with Gasteiger partial charge in [0, 0.05) is 6.42 Å². The van der Waals surface area contributed by atoms with Crippen LogP contribution in [0.3, 0.4) is 0 Å². The number of anilines is 1. The summed E-state index contributed by atoms with van der Waals surface area (Å²) in [5.74, 6) is -0.193. The zero-order valence-corrected chi connectivity index (χ0v) is 15.5. The SMILES string of the molecule is O=C1C[C@@H](c2ccccc2)S(=O)(=O)c2ccccc2N1Cc1ccccc1. The molecule has 1 aliphatic heterocycles. The zero-order valence-electron chi connectivity index (χ0n) is 14.7. The quantitative estimate of drug-likeness (QED) is 0.689. The summed E-state index contributed by atoms with van der Waals surface area (Å²) < 4.78 is 26.8. The Morgan fingerprint density at radius 3 is 2.11 bits per heavy atom. The van der Waals surface area contributed by atoms with Crippen LogP contribution in [0.15, 0.2) is 89.8 Å². The van der Waals surface area contributed by atoms with Gasteiger partial charge in [-0.1, -0.05) is 72.8 Å². The summed E-state index contributed by atoms with van der Waals surface area (Å²) in [6, 6.07) is 25.4. The van der Waals surface area contributed by atoms with E-state index >= 15 is 0 Å². The molecular formula is C22H19NO3S. The highest BCUT2D eigenvalue weighted by atomic mass is 32.2. The number of nitrogens with zero attached hydrogens (tertiary/aromatic N) is 1. The van der Waals surface area contributed by atoms with E-state index in [2.05, 4.69) is 0 Å². The maximum Gasteiger partial charge on any atom is 0.229 e. The number of hydrogen-bond donors (Lipinski definition) is 0. The van der Waals surface area contributed by atoms with Crippen LogP contribution in [-0.2, 0) is 21.2 Å². The highest BCUT2D eigenvalue weighted by Gasteiger charge is 2.39. The topological polar surface area (TPSA) is 54.5 Å². The Morgan fingerprint density at radius 2 is 1.41 bits per heavy atom. The molecular weight excluding hydrogens is 358 g/mol. The molecule has 0 unspecified atom stereocenters. The number of benzene rings is 3. The fourth-order valence-electron chi connectivity index (χ4n) is 3.49. The van der Waals surface area contributed by atoms with E-state index in [1.165, 1.54) is 0 Å². The standard InChI is InChI=1S/C22H19NO3S/c24-22-15-21(18-11-5-2-6-12-18)27(25,26)20-14-8-7-13-19(20)23(22)16-17-9-3-1-4-10-17/h1-14,21H,15-16H2/t21-/m0/s1. The number of amides is 1. The van der Waals surface area contributed by atoms with Crippen molar-refractivity contribution >= 4 is 21.4 Å². The van der Waals surface area contributed by atoms with E-state index in [0.717, 1.165) is 5.56 Å². The number of hydrogen-bond acceptors (Lipinski definition) is 3. The lowest BCUT2D eigenvalue weighted by Crippen LogP contribution is -2.30. The second-order valence-corrected chi connectivity index (χ2v) is 8.68. The molecule has 3 aromatic carbocycles. The van der Waals surface area contributed by atoms with E-state index in [-0.39, 0.29) is 17.2 Å². The minimum atomic E-state index is -3.69. The van der Waals surface area contributed by atoms with Crippen molar-refractivity contribution in [2.24, 2.45) is 0 Å². The largest absolute Gasteiger partial charge is 0.307 e. The minimum absolute atomic E-state index is 0.0755. The van der Waals surface area contributed by atoms with Gasteiger partial charge in [0.2, 0.25) is 5.91 Å².